The largest absolute Gasteiger partial charge is 0.477 e. The third-order valence-corrected chi connectivity index (χ3v) is 2.66. The molecule has 104 valence electrons. The van der Waals surface area contributed by atoms with Gasteiger partial charge in [-0.2, -0.15) is 0 Å². The van der Waals surface area contributed by atoms with Crippen molar-refractivity contribution in [3.05, 3.63) is 29.6 Å². The molecule has 0 bridgehead atoms. The van der Waals surface area contributed by atoms with Gasteiger partial charge in [-0.1, -0.05) is 13.3 Å². The van der Waals surface area contributed by atoms with Crippen LogP contribution in [-0.4, -0.2) is 39.2 Å². The summed E-state index contributed by atoms with van der Waals surface area (Å²) in [7, 11) is 0. The molecule has 1 atom stereocenters. The molecule has 1 rings (SSSR count). The maximum Gasteiger partial charge on any atom is 0.354 e. The van der Waals surface area contributed by atoms with Crippen LogP contribution in [0.1, 0.15) is 47.5 Å². The van der Waals surface area contributed by atoms with Gasteiger partial charge < -0.3 is 15.5 Å². The van der Waals surface area contributed by atoms with Crippen LogP contribution in [0.2, 0.25) is 0 Å². The fourth-order valence-electron chi connectivity index (χ4n) is 1.65. The minimum Gasteiger partial charge on any atom is -0.477 e. The third kappa shape index (κ3) is 4.67. The van der Waals surface area contributed by atoms with Crippen molar-refractivity contribution in [2.45, 2.75) is 32.3 Å². The zero-order chi connectivity index (χ0) is 14.5. The number of amides is 1. The van der Waals surface area contributed by atoms with E-state index in [1.165, 1.54) is 18.3 Å². The first-order chi connectivity index (χ1) is 8.85. The molecule has 0 aliphatic carbocycles. The van der Waals surface area contributed by atoms with E-state index in [1.807, 2.05) is 6.92 Å². The van der Waals surface area contributed by atoms with Crippen molar-refractivity contribution in [1.29, 1.82) is 0 Å². The first-order valence-electron chi connectivity index (χ1n) is 6.05. The van der Waals surface area contributed by atoms with Crippen molar-refractivity contribution in [1.82, 2.24) is 10.3 Å². The Hall–Kier alpha value is -1.95. The van der Waals surface area contributed by atoms with Gasteiger partial charge in [-0.3, -0.25) is 4.79 Å². The number of pyridine rings is 1. The number of aromatic nitrogens is 1. The molecule has 0 fully saturated rings. The predicted molar refractivity (Wildman–Crippen MR) is 69.1 cm³/mol. The Kier molecular flexibility index (Phi) is 5.00. The molecule has 6 heteroatoms. The quantitative estimate of drug-likeness (QED) is 0.715. The number of carboxylic acid groups (broad SMARTS) is 1. The second kappa shape index (κ2) is 6.29. The maximum absolute atomic E-state index is 11.8. The van der Waals surface area contributed by atoms with E-state index < -0.39 is 11.6 Å². The lowest BCUT2D eigenvalue weighted by atomic mass is 10.0. The summed E-state index contributed by atoms with van der Waals surface area (Å²) in [5.41, 5.74) is -0.800. The molecule has 6 nitrogen and oxygen atoms in total. The highest BCUT2D eigenvalue weighted by molar-refractivity contribution is 5.94. The summed E-state index contributed by atoms with van der Waals surface area (Å²) < 4.78 is 0. The highest BCUT2D eigenvalue weighted by Crippen LogP contribution is 2.10. The molecule has 3 N–H and O–H groups in total. The number of carboxylic acids is 1. The molecule has 0 aromatic carbocycles. The lowest BCUT2D eigenvalue weighted by molar-refractivity contribution is 0.0469. The highest BCUT2D eigenvalue weighted by Gasteiger charge is 2.20. The summed E-state index contributed by atoms with van der Waals surface area (Å²) in [6.07, 6.45) is 2.61. The molecule has 0 spiro atoms. The second-order valence-corrected chi connectivity index (χ2v) is 4.67. The number of hydrogen-bond acceptors (Lipinski definition) is 4. The van der Waals surface area contributed by atoms with Gasteiger partial charge in [0, 0.05) is 12.7 Å². The molecule has 0 aliphatic heterocycles. The van der Waals surface area contributed by atoms with E-state index in [0.29, 0.717) is 6.42 Å². The Balaban J connectivity index is 2.61. The smallest absolute Gasteiger partial charge is 0.354 e. The van der Waals surface area contributed by atoms with Gasteiger partial charge in [0.15, 0.2) is 0 Å². The average molecular weight is 266 g/mol. The lowest BCUT2D eigenvalue weighted by Crippen LogP contribution is -2.40. The van der Waals surface area contributed by atoms with Crippen LogP contribution < -0.4 is 5.32 Å². The van der Waals surface area contributed by atoms with Crippen molar-refractivity contribution in [2.75, 3.05) is 6.54 Å². The summed E-state index contributed by atoms with van der Waals surface area (Å²) in [6.45, 7) is 3.74. The van der Waals surface area contributed by atoms with Crippen molar-refractivity contribution in [3.8, 4) is 0 Å². The Morgan fingerprint density at radius 1 is 1.42 bits per heavy atom. The first-order valence-corrected chi connectivity index (χ1v) is 6.05. The van der Waals surface area contributed by atoms with E-state index in [2.05, 4.69) is 10.3 Å². The monoisotopic (exact) mass is 266 g/mol. The van der Waals surface area contributed by atoms with Crippen LogP contribution in [0.3, 0.4) is 0 Å². The van der Waals surface area contributed by atoms with Gasteiger partial charge in [0.2, 0.25) is 0 Å². The zero-order valence-electron chi connectivity index (χ0n) is 11.0. The normalized spacial score (nSPS) is 13.6. The Labute approximate surface area is 111 Å². The lowest BCUT2D eigenvalue weighted by Gasteiger charge is -2.22. The number of carbonyl (C=O) groups is 2. The first kappa shape index (κ1) is 15.1. The fraction of sp³-hybridized carbons (Fsp3) is 0.462. The second-order valence-electron chi connectivity index (χ2n) is 4.67. The molecule has 0 saturated carbocycles. The minimum absolute atomic E-state index is 0.116. The summed E-state index contributed by atoms with van der Waals surface area (Å²) in [4.78, 5) is 26.0. The molecule has 1 aromatic rings. The van der Waals surface area contributed by atoms with Crippen LogP contribution in [0.25, 0.3) is 0 Å². The van der Waals surface area contributed by atoms with Crippen LogP contribution in [0.4, 0.5) is 0 Å². The molecule has 1 aromatic heterocycles. The van der Waals surface area contributed by atoms with Crippen LogP contribution >= 0.6 is 0 Å². The number of carbonyl (C=O) groups excluding carboxylic acids is 1. The Morgan fingerprint density at radius 2 is 2.11 bits per heavy atom. The van der Waals surface area contributed by atoms with Gasteiger partial charge in [0.25, 0.3) is 5.91 Å². The van der Waals surface area contributed by atoms with E-state index in [0.717, 1.165) is 6.42 Å². The van der Waals surface area contributed by atoms with Gasteiger partial charge in [-0.25, -0.2) is 9.78 Å². The van der Waals surface area contributed by atoms with E-state index in [-0.39, 0.29) is 23.7 Å². The Bertz CT molecular complexity index is 454. The van der Waals surface area contributed by atoms with Gasteiger partial charge >= 0.3 is 5.97 Å². The molecule has 19 heavy (non-hydrogen) atoms. The van der Waals surface area contributed by atoms with Crippen LogP contribution in [0, 0.1) is 0 Å². The van der Waals surface area contributed by atoms with Crippen LogP contribution in [-0.2, 0) is 0 Å². The number of aliphatic hydroxyl groups is 1. The van der Waals surface area contributed by atoms with Crippen molar-refractivity contribution < 1.29 is 19.8 Å². The third-order valence-electron chi connectivity index (χ3n) is 2.66. The predicted octanol–water partition coefficient (Wildman–Crippen LogP) is 1.06. The fourth-order valence-corrected chi connectivity index (χ4v) is 1.65. The standard InChI is InChI=1S/C13H18N2O4/c1-3-6-13(2,19)8-15-11(16)9-4-5-10(12(17)18)14-7-9/h4-5,7,19H,3,6,8H2,1-2H3,(H,15,16)(H,17,18). The molecule has 1 unspecified atom stereocenters. The summed E-state index contributed by atoms with van der Waals surface area (Å²) >= 11 is 0. The summed E-state index contributed by atoms with van der Waals surface area (Å²) in [5, 5.41) is 21.2. The molecule has 1 heterocycles. The van der Waals surface area contributed by atoms with Gasteiger partial charge in [0.05, 0.1) is 11.2 Å². The number of rotatable bonds is 6. The average Bonchev–Trinajstić information content (AvgIpc) is 2.36. The van der Waals surface area contributed by atoms with E-state index >= 15 is 0 Å². The van der Waals surface area contributed by atoms with Crippen LogP contribution in [0.15, 0.2) is 18.3 Å². The Morgan fingerprint density at radius 3 is 2.58 bits per heavy atom. The number of hydrogen-bond donors (Lipinski definition) is 3. The van der Waals surface area contributed by atoms with Crippen molar-refractivity contribution >= 4 is 11.9 Å². The molecule has 1 amide bonds. The van der Waals surface area contributed by atoms with Crippen LogP contribution in [0.5, 0.6) is 0 Å². The minimum atomic E-state index is -1.14. The summed E-state index contributed by atoms with van der Waals surface area (Å²) in [6, 6.07) is 2.65. The van der Waals surface area contributed by atoms with Gasteiger partial charge in [-0.15, -0.1) is 0 Å². The van der Waals surface area contributed by atoms with Gasteiger partial charge in [-0.05, 0) is 25.5 Å². The number of aromatic carboxylic acids is 1. The van der Waals surface area contributed by atoms with Crippen molar-refractivity contribution in [3.63, 3.8) is 0 Å². The molecule has 0 saturated heterocycles. The SMILES string of the molecule is CCCC(C)(O)CNC(=O)c1ccc(C(=O)O)nc1. The van der Waals surface area contributed by atoms with E-state index in [4.69, 9.17) is 5.11 Å². The molecule has 0 aliphatic rings. The van der Waals surface area contributed by atoms with E-state index in [1.54, 1.807) is 6.92 Å². The van der Waals surface area contributed by atoms with Gasteiger partial charge in [0.1, 0.15) is 5.69 Å². The summed E-state index contributed by atoms with van der Waals surface area (Å²) in [5.74, 6) is -1.53. The highest BCUT2D eigenvalue weighted by atomic mass is 16.4. The van der Waals surface area contributed by atoms with Crippen molar-refractivity contribution in [2.24, 2.45) is 0 Å². The van der Waals surface area contributed by atoms with E-state index in [9.17, 15) is 14.7 Å². The molecule has 0 radical (unpaired) electrons. The molecular formula is C13H18N2O4. The molecular weight excluding hydrogens is 248 g/mol. The topological polar surface area (TPSA) is 99.5 Å². The maximum atomic E-state index is 11.8. The zero-order valence-corrected chi connectivity index (χ0v) is 11.0. The number of nitrogens with zero attached hydrogens (tertiary/aromatic N) is 1. The number of nitrogens with one attached hydrogen (secondary N) is 1.